The van der Waals surface area contributed by atoms with E-state index in [0.29, 0.717) is 11.2 Å². The number of aliphatic imine (C=N–C) groups is 1. The van der Waals surface area contributed by atoms with Crippen LogP contribution in [0.2, 0.25) is 0 Å². The fourth-order valence-electron chi connectivity index (χ4n) is 3.45. The lowest BCUT2D eigenvalue weighted by Crippen LogP contribution is -2.49. The molecule has 0 aliphatic carbocycles. The summed E-state index contributed by atoms with van der Waals surface area (Å²) in [7, 11) is 0. The molecule has 28 heavy (non-hydrogen) atoms. The van der Waals surface area contributed by atoms with Crippen LogP contribution in [-0.2, 0) is 13.0 Å². The molecule has 0 spiro atoms. The molecule has 152 valence electrons. The van der Waals surface area contributed by atoms with Crippen LogP contribution in [0, 0.1) is 5.92 Å². The molecule has 6 heteroatoms. The first-order chi connectivity index (χ1) is 13.7. The molecule has 0 radical (unpaired) electrons. The van der Waals surface area contributed by atoms with Crippen molar-refractivity contribution in [3.05, 3.63) is 54.1 Å². The summed E-state index contributed by atoms with van der Waals surface area (Å²) in [6.45, 7) is 11.4. The van der Waals surface area contributed by atoms with E-state index in [1.807, 2.05) is 6.20 Å². The van der Waals surface area contributed by atoms with Gasteiger partial charge in [0.1, 0.15) is 5.82 Å². The zero-order valence-corrected chi connectivity index (χ0v) is 18.2. The maximum Gasteiger partial charge on any atom is 0.193 e. The summed E-state index contributed by atoms with van der Waals surface area (Å²) in [5.74, 6) is 4.02. The Morgan fingerprint density at radius 3 is 2.89 bits per heavy atom. The molecule has 2 aromatic rings. The van der Waals surface area contributed by atoms with E-state index in [0.717, 1.165) is 50.9 Å². The Kier molecular flexibility index (Phi) is 7.83. The molecular formula is C22H33N5S. The van der Waals surface area contributed by atoms with Crippen molar-refractivity contribution in [2.75, 3.05) is 31.9 Å². The SMILES string of the molecule is CCNC(=NCCc1nccn1Cc1ccccc1)N1CCSC(C(C)C)C1. The van der Waals surface area contributed by atoms with Crippen molar-refractivity contribution in [1.82, 2.24) is 19.8 Å². The van der Waals surface area contributed by atoms with Crippen LogP contribution in [0.1, 0.15) is 32.2 Å². The van der Waals surface area contributed by atoms with Gasteiger partial charge in [-0.1, -0.05) is 44.2 Å². The Morgan fingerprint density at radius 1 is 1.32 bits per heavy atom. The highest BCUT2D eigenvalue weighted by atomic mass is 32.2. The third-order valence-electron chi connectivity index (χ3n) is 5.07. The Balaban J connectivity index is 1.61. The lowest BCUT2D eigenvalue weighted by molar-refractivity contribution is 0.381. The summed E-state index contributed by atoms with van der Waals surface area (Å²) < 4.78 is 2.23. The maximum atomic E-state index is 4.92. The molecule has 1 atom stereocenters. The number of hydrogen-bond donors (Lipinski definition) is 1. The highest BCUT2D eigenvalue weighted by Crippen LogP contribution is 2.24. The number of guanidine groups is 1. The lowest BCUT2D eigenvalue weighted by atomic mass is 10.1. The zero-order valence-electron chi connectivity index (χ0n) is 17.3. The van der Waals surface area contributed by atoms with Crippen molar-refractivity contribution >= 4 is 17.7 Å². The molecule has 5 nitrogen and oxygen atoms in total. The molecule has 1 aliphatic heterocycles. The van der Waals surface area contributed by atoms with Crippen molar-refractivity contribution in [1.29, 1.82) is 0 Å². The number of aromatic nitrogens is 2. The van der Waals surface area contributed by atoms with Gasteiger partial charge in [-0.25, -0.2) is 4.98 Å². The number of benzene rings is 1. The summed E-state index contributed by atoms with van der Waals surface area (Å²) in [6, 6.07) is 10.5. The first-order valence-corrected chi connectivity index (χ1v) is 11.4. The van der Waals surface area contributed by atoms with E-state index in [1.165, 1.54) is 11.3 Å². The van der Waals surface area contributed by atoms with Crippen LogP contribution in [0.5, 0.6) is 0 Å². The third-order valence-corrected chi connectivity index (χ3v) is 6.61. The highest BCUT2D eigenvalue weighted by Gasteiger charge is 2.24. The predicted molar refractivity (Wildman–Crippen MR) is 120 cm³/mol. The van der Waals surface area contributed by atoms with Gasteiger partial charge in [-0.05, 0) is 18.4 Å². The van der Waals surface area contributed by atoms with E-state index in [9.17, 15) is 0 Å². The standard InChI is InChI=1S/C22H33N5S/c1-4-23-22(27-14-15-28-20(17-27)18(2)3)25-11-10-21-24-12-13-26(21)16-19-8-6-5-7-9-19/h5-9,12-13,18,20H,4,10-11,14-17H2,1-3H3,(H,23,25). The molecule has 1 aliphatic rings. The molecule has 1 N–H and O–H groups in total. The van der Waals surface area contributed by atoms with Crippen LogP contribution in [0.25, 0.3) is 0 Å². The van der Waals surface area contributed by atoms with E-state index < -0.39 is 0 Å². The molecule has 1 aromatic heterocycles. The zero-order chi connectivity index (χ0) is 19.8. The van der Waals surface area contributed by atoms with Crippen LogP contribution in [0.15, 0.2) is 47.7 Å². The minimum absolute atomic E-state index is 0.683. The van der Waals surface area contributed by atoms with Crippen molar-refractivity contribution in [2.24, 2.45) is 10.9 Å². The largest absolute Gasteiger partial charge is 0.357 e. The smallest absolute Gasteiger partial charge is 0.193 e. The second-order valence-electron chi connectivity index (χ2n) is 7.54. The average molecular weight is 400 g/mol. The first kappa shape index (κ1) is 20.8. The van der Waals surface area contributed by atoms with E-state index in [2.05, 4.69) is 88.8 Å². The summed E-state index contributed by atoms with van der Waals surface area (Å²) in [5, 5.41) is 4.17. The normalized spacial score (nSPS) is 17.9. The van der Waals surface area contributed by atoms with Gasteiger partial charge < -0.3 is 14.8 Å². The van der Waals surface area contributed by atoms with Crippen LogP contribution in [0.4, 0.5) is 0 Å². The highest BCUT2D eigenvalue weighted by molar-refractivity contribution is 8.00. The summed E-state index contributed by atoms with van der Waals surface area (Å²) in [4.78, 5) is 11.9. The van der Waals surface area contributed by atoms with Crippen LogP contribution >= 0.6 is 11.8 Å². The Morgan fingerprint density at radius 2 is 2.14 bits per heavy atom. The summed E-state index contributed by atoms with van der Waals surface area (Å²) >= 11 is 2.10. The number of thioether (sulfide) groups is 1. The van der Waals surface area contributed by atoms with Crippen LogP contribution in [0.3, 0.4) is 0 Å². The average Bonchev–Trinajstić information content (AvgIpc) is 3.15. The van der Waals surface area contributed by atoms with E-state index >= 15 is 0 Å². The fraction of sp³-hybridized carbons (Fsp3) is 0.545. The molecule has 1 aromatic carbocycles. The summed E-state index contributed by atoms with van der Waals surface area (Å²) in [5.41, 5.74) is 1.30. The second-order valence-corrected chi connectivity index (χ2v) is 8.89. The number of hydrogen-bond acceptors (Lipinski definition) is 3. The van der Waals surface area contributed by atoms with Gasteiger partial charge in [-0.3, -0.25) is 4.99 Å². The van der Waals surface area contributed by atoms with Crippen molar-refractivity contribution < 1.29 is 0 Å². The number of nitrogens with zero attached hydrogens (tertiary/aromatic N) is 4. The van der Waals surface area contributed by atoms with E-state index in [1.54, 1.807) is 0 Å². The number of rotatable bonds is 7. The van der Waals surface area contributed by atoms with Gasteiger partial charge in [0.05, 0.1) is 0 Å². The quantitative estimate of drug-likeness (QED) is 0.572. The number of nitrogens with one attached hydrogen (secondary N) is 1. The van der Waals surface area contributed by atoms with Crippen molar-refractivity contribution in [2.45, 2.75) is 39.0 Å². The molecule has 0 saturated carbocycles. The molecular weight excluding hydrogens is 366 g/mol. The van der Waals surface area contributed by atoms with Crippen molar-refractivity contribution in [3.63, 3.8) is 0 Å². The van der Waals surface area contributed by atoms with Gasteiger partial charge in [0.2, 0.25) is 0 Å². The molecule has 3 rings (SSSR count). The maximum absolute atomic E-state index is 4.92. The Hall–Kier alpha value is -1.95. The van der Waals surface area contributed by atoms with Gasteiger partial charge in [0.15, 0.2) is 5.96 Å². The third kappa shape index (κ3) is 5.77. The molecule has 1 unspecified atom stereocenters. The first-order valence-electron chi connectivity index (χ1n) is 10.4. The molecule has 0 bridgehead atoms. The fourth-order valence-corrected chi connectivity index (χ4v) is 4.75. The lowest BCUT2D eigenvalue weighted by Gasteiger charge is -2.36. The van der Waals surface area contributed by atoms with Crippen LogP contribution in [-0.4, -0.2) is 57.6 Å². The van der Waals surface area contributed by atoms with Crippen LogP contribution < -0.4 is 5.32 Å². The van der Waals surface area contributed by atoms with Gasteiger partial charge in [0, 0.05) is 62.5 Å². The van der Waals surface area contributed by atoms with Gasteiger partial charge in [-0.2, -0.15) is 11.8 Å². The minimum Gasteiger partial charge on any atom is -0.357 e. The Labute approximate surface area is 173 Å². The molecule has 1 fully saturated rings. The van der Waals surface area contributed by atoms with Crippen molar-refractivity contribution in [3.8, 4) is 0 Å². The predicted octanol–water partition coefficient (Wildman–Crippen LogP) is 3.51. The van der Waals surface area contributed by atoms with E-state index in [-0.39, 0.29) is 0 Å². The minimum atomic E-state index is 0.683. The monoisotopic (exact) mass is 399 g/mol. The number of imidazole rings is 1. The topological polar surface area (TPSA) is 45.5 Å². The second kappa shape index (κ2) is 10.6. The summed E-state index contributed by atoms with van der Waals surface area (Å²) in [6.07, 6.45) is 4.81. The van der Waals surface area contributed by atoms with Gasteiger partial charge in [0.25, 0.3) is 0 Å². The van der Waals surface area contributed by atoms with Gasteiger partial charge in [-0.15, -0.1) is 0 Å². The van der Waals surface area contributed by atoms with E-state index in [4.69, 9.17) is 4.99 Å². The molecule has 2 heterocycles. The molecule has 0 amide bonds. The Bertz CT molecular complexity index is 740. The van der Waals surface area contributed by atoms with Gasteiger partial charge >= 0.3 is 0 Å². The molecule has 1 saturated heterocycles.